The van der Waals surface area contributed by atoms with Crippen LogP contribution in [0.15, 0.2) is 80.7 Å². The summed E-state index contributed by atoms with van der Waals surface area (Å²) in [6, 6.07) is 18.5. The van der Waals surface area contributed by atoms with E-state index in [1.807, 2.05) is 42.5 Å². The van der Waals surface area contributed by atoms with E-state index in [-0.39, 0.29) is 24.6 Å². The standard InChI is InChI=1S/C21H16BrN3O3/c22-15-7-5-14(6-8-15)19-10-9-16(28-19)11-23-20(26)12-25-13-24-18-4-2-1-3-17(18)21(25)27/h1-10,13H,11-12H2,(H,23,26). The Hall–Kier alpha value is -3.19. The van der Waals surface area contributed by atoms with Crippen molar-refractivity contribution in [1.82, 2.24) is 14.9 Å². The van der Waals surface area contributed by atoms with Crippen LogP contribution in [-0.2, 0) is 17.9 Å². The number of fused-ring (bicyclic) bond motifs is 1. The lowest BCUT2D eigenvalue weighted by molar-refractivity contribution is -0.121. The Labute approximate surface area is 169 Å². The number of nitrogens with one attached hydrogen (secondary N) is 1. The summed E-state index contributed by atoms with van der Waals surface area (Å²) in [6.45, 7) is 0.141. The molecule has 4 aromatic rings. The molecule has 0 spiro atoms. The van der Waals surface area contributed by atoms with Crippen molar-refractivity contribution in [2.45, 2.75) is 13.1 Å². The largest absolute Gasteiger partial charge is 0.459 e. The molecular weight excluding hydrogens is 422 g/mol. The van der Waals surface area contributed by atoms with Gasteiger partial charge in [0.2, 0.25) is 5.91 Å². The van der Waals surface area contributed by atoms with E-state index in [0.29, 0.717) is 16.7 Å². The van der Waals surface area contributed by atoms with E-state index in [4.69, 9.17) is 4.42 Å². The van der Waals surface area contributed by atoms with Crippen LogP contribution in [-0.4, -0.2) is 15.5 Å². The summed E-state index contributed by atoms with van der Waals surface area (Å²) >= 11 is 3.40. The number of benzene rings is 2. The van der Waals surface area contributed by atoms with Gasteiger partial charge in [-0.1, -0.05) is 40.2 Å². The van der Waals surface area contributed by atoms with Gasteiger partial charge in [-0.3, -0.25) is 14.2 Å². The number of para-hydroxylation sites is 1. The highest BCUT2D eigenvalue weighted by Crippen LogP contribution is 2.23. The number of hydrogen-bond donors (Lipinski definition) is 1. The molecule has 0 saturated heterocycles. The van der Waals surface area contributed by atoms with Gasteiger partial charge < -0.3 is 9.73 Å². The minimum Gasteiger partial charge on any atom is -0.459 e. The molecule has 140 valence electrons. The quantitative estimate of drug-likeness (QED) is 0.515. The Morgan fingerprint density at radius 2 is 1.86 bits per heavy atom. The van der Waals surface area contributed by atoms with Crippen LogP contribution in [0.5, 0.6) is 0 Å². The van der Waals surface area contributed by atoms with Crippen molar-refractivity contribution in [3.8, 4) is 11.3 Å². The number of carbonyl (C=O) groups excluding carboxylic acids is 1. The van der Waals surface area contributed by atoms with Crippen LogP contribution < -0.4 is 10.9 Å². The van der Waals surface area contributed by atoms with Crippen LogP contribution in [0.1, 0.15) is 5.76 Å². The molecule has 0 fully saturated rings. The molecule has 2 heterocycles. The van der Waals surface area contributed by atoms with E-state index in [1.165, 1.54) is 10.9 Å². The number of aromatic nitrogens is 2. The molecule has 0 aliphatic heterocycles. The van der Waals surface area contributed by atoms with Crippen molar-refractivity contribution >= 4 is 32.7 Å². The van der Waals surface area contributed by atoms with Gasteiger partial charge >= 0.3 is 0 Å². The van der Waals surface area contributed by atoms with E-state index in [0.717, 1.165) is 15.8 Å². The summed E-state index contributed by atoms with van der Waals surface area (Å²) in [5, 5.41) is 3.26. The number of nitrogens with zero attached hydrogens (tertiary/aromatic N) is 2. The Kier molecular flexibility index (Phi) is 5.08. The van der Waals surface area contributed by atoms with Gasteiger partial charge in [0.15, 0.2) is 0 Å². The Morgan fingerprint density at radius 1 is 1.07 bits per heavy atom. The maximum absolute atomic E-state index is 12.4. The summed E-state index contributed by atoms with van der Waals surface area (Å²) in [4.78, 5) is 28.9. The minimum atomic E-state index is -0.291. The van der Waals surface area contributed by atoms with Crippen molar-refractivity contribution in [2.75, 3.05) is 0 Å². The van der Waals surface area contributed by atoms with Crippen LogP contribution in [0.25, 0.3) is 22.2 Å². The van der Waals surface area contributed by atoms with Crippen molar-refractivity contribution in [3.63, 3.8) is 0 Å². The Balaban J connectivity index is 1.41. The van der Waals surface area contributed by atoms with E-state index in [2.05, 4.69) is 26.2 Å². The first-order valence-electron chi connectivity index (χ1n) is 8.66. The highest BCUT2D eigenvalue weighted by atomic mass is 79.9. The Morgan fingerprint density at radius 3 is 2.68 bits per heavy atom. The van der Waals surface area contributed by atoms with E-state index < -0.39 is 0 Å². The molecule has 0 aliphatic rings. The summed E-state index contributed by atoms with van der Waals surface area (Å²) in [5.74, 6) is 1.07. The molecule has 4 rings (SSSR count). The number of amides is 1. The van der Waals surface area contributed by atoms with E-state index in [1.54, 1.807) is 18.2 Å². The number of halogens is 1. The summed E-state index contributed by atoms with van der Waals surface area (Å²) in [7, 11) is 0. The summed E-state index contributed by atoms with van der Waals surface area (Å²) in [5.41, 5.74) is 1.33. The van der Waals surface area contributed by atoms with Gasteiger partial charge in [-0.05, 0) is 36.4 Å². The van der Waals surface area contributed by atoms with Gasteiger partial charge in [0, 0.05) is 10.0 Å². The van der Waals surface area contributed by atoms with Crippen LogP contribution >= 0.6 is 15.9 Å². The predicted molar refractivity (Wildman–Crippen MR) is 110 cm³/mol. The zero-order valence-electron chi connectivity index (χ0n) is 14.8. The number of carbonyl (C=O) groups is 1. The first-order valence-corrected chi connectivity index (χ1v) is 9.45. The molecule has 2 aromatic heterocycles. The second-order valence-electron chi connectivity index (χ2n) is 6.24. The molecule has 1 amide bonds. The van der Waals surface area contributed by atoms with Gasteiger partial charge in [-0.25, -0.2) is 4.98 Å². The maximum Gasteiger partial charge on any atom is 0.261 e. The molecule has 7 heteroatoms. The fourth-order valence-corrected chi connectivity index (χ4v) is 3.12. The average Bonchev–Trinajstić information content (AvgIpc) is 3.18. The van der Waals surface area contributed by atoms with Gasteiger partial charge in [0.1, 0.15) is 18.1 Å². The fourth-order valence-electron chi connectivity index (χ4n) is 2.86. The molecule has 28 heavy (non-hydrogen) atoms. The summed E-state index contributed by atoms with van der Waals surface area (Å²) < 4.78 is 8.07. The van der Waals surface area contributed by atoms with Gasteiger partial charge in [0.05, 0.1) is 23.8 Å². The van der Waals surface area contributed by atoms with Crippen LogP contribution in [0.2, 0.25) is 0 Å². The molecule has 1 N–H and O–H groups in total. The monoisotopic (exact) mass is 437 g/mol. The number of furan rings is 1. The van der Waals surface area contributed by atoms with E-state index in [9.17, 15) is 9.59 Å². The van der Waals surface area contributed by atoms with Gasteiger partial charge in [0.25, 0.3) is 5.56 Å². The normalized spacial score (nSPS) is 10.9. The zero-order valence-corrected chi connectivity index (χ0v) is 16.3. The lowest BCUT2D eigenvalue weighted by Crippen LogP contribution is -2.32. The maximum atomic E-state index is 12.4. The SMILES string of the molecule is O=C(Cn1cnc2ccccc2c1=O)NCc1ccc(-c2ccc(Br)cc2)o1. The van der Waals surface area contributed by atoms with Crippen molar-refractivity contribution in [2.24, 2.45) is 0 Å². The molecule has 0 saturated carbocycles. The van der Waals surface area contributed by atoms with E-state index >= 15 is 0 Å². The van der Waals surface area contributed by atoms with Crippen LogP contribution in [0.3, 0.4) is 0 Å². The molecule has 6 nitrogen and oxygen atoms in total. The smallest absolute Gasteiger partial charge is 0.261 e. The highest BCUT2D eigenvalue weighted by Gasteiger charge is 2.10. The molecule has 0 atom stereocenters. The summed E-state index contributed by atoms with van der Waals surface area (Å²) in [6.07, 6.45) is 1.39. The lowest BCUT2D eigenvalue weighted by Gasteiger charge is -2.07. The highest BCUT2D eigenvalue weighted by molar-refractivity contribution is 9.10. The van der Waals surface area contributed by atoms with Gasteiger partial charge in [-0.2, -0.15) is 0 Å². The third-order valence-electron chi connectivity index (χ3n) is 4.30. The second-order valence-corrected chi connectivity index (χ2v) is 7.16. The Bertz CT molecular complexity index is 1200. The second kappa shape index (κ2) is 7.82. The molecular formula is C21H16BrN3O3. The van der Waals surface area contributed by atoms with Crippen molar-refractivity contribution in [1.29, 1.82) is 0 Å². The third-order valence-corrected chi connectivity index (χ3v) is 4.82. The number of rotatable bonds is 5. The molecule has 0 aliphatic carbocycles. The average molecular weight is 438 g/mol. The molecule has 0 bridgehead atoms. The fraction of sp³-hybridized carbons (Fsp3) is 0.0952. The van der Waals surface area contributed by atoms with Crippen LogP contribution in [0.4, 0.5) is 0 Å². The molecule has 2 aromatic carbocycles. The van der Waals surface area contributed by atoms with Gasteiger partial charge in [-0.15, -0.1) is 0 Å². The topological polar surface area (TPSA) is 77.1 Å². The molecule has 0 unspecified atom stereocenters. The third kappa shape index (κ3) is 3.89. The number of hydrogen-bond acceptors (Lipinski definition) is 4. The first kappa shape index (κ1) is 18.2. The van der Waals surface area contributed by atoms with Crippen molar-refractivity contribution in [3.05, 3.63) is 87.6 Å². The minimum absolute atomic E-state index is 0.100. The predicted octanol–water partition coefficient (Wildman–Crippen LogP) is 3.74. The first-order chi connectivity index (χ1) is 13.6. The van der Waals surface area contributed by atoms with Crippen molar-refractivity contribution < 1.29 is 9.21 Å². The lowest BCUT2D eigenvalue weighted by atomic mass is 10.2. The zero-order chi connectivity index (χ0) is 19.5. The van der Waals surface area contributed by atoms with Crippen LogP contribution in [0, 0.1) is 0 Å². The molecule has 0 radical (unpaired) electrons.